The van der Waals surface area contributed by atoms with Crippen molar-refractivity contribution in [2.45, 2.75) is 32.7 Å². The van der Waals surface area contributed by atoms with Crippen LogP contribution in [-0.4, -0.2) is 70.2 Å². The van der Waals surface area contributed by atoms with Gasteiger partial charge in [-0.05, 0) is 24.5 Å². The van der Waals surface area contributed by atoms with Crippen LogP contribution in [0.4, 0.5) is 13.2 Å². The van der Waals surface area contributed by atoms with Crippen LogP contribution in [-0.2, 0) is 27.4 Å². The van der Waals surface area contributed by atoms with Crippen LogP contribution in [0.2, 0.25) is 0 Å². The molecule has 0 radical (unpaired) electrons. The van der Waals surface area contributed by atoms with Crippen molar-refractivity contribution < 1.29 is 27.4 Å². The van der Waals surface area contributed by atoms with E-state index in [1.54, 1.807) is 19.2 Å². The third kappa shape index (κ3) is 11.4. The van der Waals surface area contributed by atoms with Crippen LogP contribution in [0, 0.1) is 5.92 Å². The van der Waals surface area contributed by atoms with Crippen molar-refractivity contribution in [2.75, 3.05) is 53.2 Å². The summed E-state index contributed by atoms with van der Waals surface area (Å²) in [4.78, 5) is 6.97. The number of guanidine groups is 1. The monoisotopic (exact) mass is 559 g/mol. The number of rotatable bonds is 11. The second kappa shape index (κ2) is 14.9. The van der Waals surface area contributed by atoms with Crippen molar-refractivity contribution in [2.24, 2.45) is 10.9 Å². The minimum absolute atomic E-state index is 0. The first-order valence-electron chi connectivity index (χ1n) is 10.2. The summed E-state index contributed by atoms with van der Waals surface area (Å²) in [5.74, 6) is 1.34. The van der Waals surface area contributed by atoms with E-state index in [1.807, 2.05) is 19.1 Å². The van der Waals surface area contributed by atoms with Crippen molar-refractivity contribution in [3.63, 3.8) is 0 Å². The van der Waals surface area contributed by atoms with E-state index >= 15 is 0 Å². The third-order valence-electron chi connectivity index (χ3n) is 4.67. The predicted molar refractivity (Wildman–Crippen MR) is 125 cm³/mol. The molecule has 1 aromatic rings. The van der Waals surface area contributed by atoms with Crippen molar-refractivity contribution >= 4 is 29.9 Å². The molecular formula is C21H33F3IN3O3. The van der Waals surface area contributed by atoms with Crippen LogP contribution in [0.5, 0.6) is 0 Å². The van der Waals surface area contributed by atoms with E-state index in [2.05, 4.69) is 15.0 Å². The molecule has 178 valence electrons. The lowest BCUT2D eigenvalue weighted by Gasteiger charge is -2.21. The molecule has 6 nitrogen and oxygen atoms in total. The molecule has 31 heavy (non-hydrogen) atoms. The number of nitrogens with one attached hydrogen (secondary N) is 1. The highest BCUT2D eigenvalue weighted by Gasteiger charge is 2.27. The highest BCUT2D eigenvalue weighted by atomic mass is 127. The van der Waals surface area contributed by atoms with Crippen LogP contribution in [0.1, 0.15) is 24.5 Å². The maximum absolute atomic E-state index is 12.1. The van der Waals surface area contributed by atoms with E-state index in [-0.39, 0.29) is 30.6 Å². The van der Waals surface area contributed by atoms with Gasteiger partial charge < -0.3 is 24.4 Å². The minimum atomic E-state index is -4.30. The standard InChI is InChI=1S/C21H32F3N3O3.HI/c1-3-25-20(27-9-8-19(13-27)15-29-11-10-28-2)26-12-17-4-6-18(7-5-17)14-30-16-21(22,23)24;/h4-7,19H,3,8-16H2,1-2H3,(H,25,26);1H. The van der Waals surface area contributed by atoms with E-state index in [4.69, 9.17) is 14.5 Å². The molecule has 1 heterocycles. The summed E-state index contributed by atoms with van der Waals surface area (Å²) in [6.45, 7) is 5.77. The zero-order valence-corrected chi connectivity index (χ0v) is 20.4. The summed E-state index contributed by atoms with van der Waals surface area (Å²) in [5.41, 5.74) is 1.69. The van der Waals surface area contributed by atoms with Crippen LogP contribution in [0.15, 0.2) is 29.3 Å². The number of likely N-dealkylation sites (tertiary alicyclic amines) is 1. The van der Waals surface area contributed by atoms with Crippen molar-refractivity contribution in [3.8, 4) is 0 Å². The Balaban J connectivity index is 0.00000480. The molecule has 0 amide bonds. The quantitative estimate of drug-likeness (QED) is 0.193. The lowest BCUT2D eigenvalue weighted by Crippen LogP contribution is -2.40. The molecule has 0 spiro atoms. The van der Waals surface area contributed by atoms with Gasteiger partial charge in [0.15, 0.2) is 5.96 Å². The molecule has 0 bridgehead atoms. The summed E-state index contributed by atoms with van der Waals surface area (Å²) in [5, 5.41) is 3.33. The van der Waals surface area contributed by atoms with E-state index in [0.29, 0.717) is 31.2 Å². The first-order chi connectivity index (χ1) is 14.4. The van der Waals surface area contributed by atoms with Gasteiger partial charge in [-0.1, -0.05) is 24.3 Å². The molecule has 1 saturated heterocycles. The lowest BCUT2D eigenvalue weighted by atomic mass is 10.1. The number of hydrogen-bond acceptors (Lipinski definition) is 4. The number of ether oxygens (including phenoxy) is 3. The van der Waals surface area contributed by atoms with Gasteiger partial charge in [-0.15, -0.1) is 24.0 Å². The van der Waals surface area contributed by atoms with Gasteiger partial charge in [0.2, 0.25) is 0 Å². The zero-order chi connectivity index (χ0) is 21.8. The third-order valence-corrected chi connectivity index (χ3v) is 4.67. The van der Waals surface area contributed by atoms with Crippen molar-refractivity contribution in [3.05, 3.63) is 35.4 Å². The molecule has 1 fully saturated rings. The predicted octanol–water partition coefficient (Wildman–Crippen LogP) is 3.83. The smallest absolute Gasteiger partial charge is 0.382 e. The van der Waals surface area contributed by atoms with Gasteiger partial charge in [-0.3, -0.25) is 0 Å². The molecule has 1 unspecified atom stereocenters. The molecule has 1 atom stereocenters. The lowest BCUT2D eigenvalue weighted by molar-refractivity contribution is -0.176. The van der Waals surface area contributed by atoms with Crippen LogP contribution in [0.3, 0.4) is 0 Å². The van der Waals surface area contributed by atoms with Crippen LogP contribution in [0.25, 0.3) is 0 Å². The maximum atomic E-state index is 12.1. The Morgan fingerprint density at radius 2 is 1.87 bits per heavy atom. The number of aliphatic imine (C=N–C) groups is 1. The molecule has 1 aliphatic rings. The fourth-order valence-electron chi connectivity index (χ4n) is 3.17. The van der Waals surface area contributed by atoms with Gasteiger partial charge in [0.25, 0.3) is 0 Å². The first-order valence-corrected chi connectivity index (χ1v) is 10.2. The van der Waals surface area contributed by atoms with E-state index in [1.165, 1.54) is 0 Å². The molecular weight excluding hydrogens is 526 g/mol. The molecule has 0 aromatic heterocycles. The fourth-order valence-corrected chi connectivity index (χ4v) is 3.17. The summed E-state index contributed by atoms with van der Waals surface area (Å²) < 4.78 is 51.8. The maximum Gasteiger partial charge on any atom is 0.411 e. The topological polar surface area (TPSA) is 55.3 Å². The van der Waals surface area contributed by atoms with Gasteiger partial charge in [0.05, 0.1) is 33.0 Å². The average Bonchev–Trinajstić information content (AvgIpc) is 3.17. The highest BCUT2D eigenvalue weighted by molar-refractivity contribution is 14.0. The Morgan fingerprint density at radius 3 is 2.52 bits per heavy atom. The van der Waals surface area contributed by atoms with Crippen molar-refractivity contribution in [1.29, 1.82) is 0 Å². The Hall–Kier alpha value is -1.11. The summed E-state index contributed by atoms with van der Waals surface area (Å²) in [6.07, 6.45) is -3.24. The second-order valence-electron chi connectivity index (χ2n) is 7.26. The summed E-state index contributed by atoms with van der Waals surface area (Å²) in [6, 6.07) is 7.29. The van der Waals surface area contributed by atoms with Gasteiger partial charge in [-0.2, -0.15) is 13.2 Å². The zero-order valence-electron chi connectivity index (χ0n) is 18.1. The molecule has 2 rings (SSSR count). The SMILES string of the molecule is CCNC(=NCc1ccc(COCC(F)(F)F)cc1)N1CCC(COCCOC)C1.I. The molecule has 0 aliphatic carbocycles. The van der Waals surface area contributed by atoms with Gasteiger partial charge in [-0.25, -0.2) is 4.99 Å². The van der Waals surface area contributed by atoms with Gasteiger partial charge >= 0.3 is 6.18 Å². The first kappa shape index (κ1) is 27.9. The summed E-state index contributed by atoms with van der Waals surface area (Å²) in [7, 11) is 1.66. The Labute approximate surface area is 199 Å². The van der Waals surface area contributed by atoms with E-state index < -0.39 is 12.8 Å². The Bertz CT molecular complexity index is 645. The minimum Gasteiger partial charge on any atom is -0.382 e. The van der Waals surface area contributed by atoms with Gasteiger partial charge in [0, 0.05) is 32.7 Å². The number of halogens is 4. The number of hydrogen-bond donors (Lipinski definition) is 1. The number of nitrogens with zero attached hydrogens (tertiary/aromatic N) is 2. The van der Waals surface area contributed by atoms with Crippen LogP contribution >= 0.6 is 24.0 Å². The Morgan fingerprint density at radius 1 is 1.16 bits per heavy atom. The van der Waals surface area contributed by atoms with Gasteiger partial charge in [0.1, 0.15) is 6.61 Å². The van der Waals surface area contributed by atoms with Crippen molar-refractivity contribution in [1.82, 2.24) is 10.2 Å². The highest BCUT2D eigenvalue weighted by Crippen LogP contribution is 2.18. The molecule has 1 aliphatic heterocycles. The number of benzene rings is 1. The summed E-state index contributed by atoms with van der Waals surface area (Å²) >= 11 is 0. The fraction of sp³-hybridized carbons (Fsp3) is 0.667. The number of alkyl halides is 3. The largest absolute Gasteiger partial charge is 0.411 e. The molecule has 1 N–H and O–H groups in total. The van der Waals surface area contributed by atoms with Crippen LogP contribution < -0.4 is 5.32 Å². The molecule has 10 heteroatoms. The van der Waals surface area contributed by atoms with E-state index in [0.717, 1.165) is 44.2 Å². The Kier molecular flexibility index (Phi) is 13.4. The average molecular weight is 559 g/mol. The number of methoxy groups -OCH3 is 1. The normalized spacial score (nSPS) is 17.0. The molecule has 0 saturated carbocycles. The molecule has 1 aromatic carbocycles. The second-order valence-corrected chi connectivity index (χ2v) is 7.26. The van der Waals surface area contributed by atoms with E-state index in [9.17, 15) is 13.2 Å².